The maximum absolute atomic E-state index is 12.8. The van der Waals surface area contributed by atoms with Gasteiger partial charge in [0, 0.05) is 6.04 Å². The van der Waals surface area contributed by atoms with E-state index in [1.165, 1.54) is 0 Å². The van der Waals surface area contributed by atoms with Crippen LogP contribution in [0.2, 0.25) is 0 Å². The summed E-state index contributed by atoms with van der Waals surface area (Å²) in [5.41, 5.74) is 4.13. The molecule has 0 bridgehead atoms. The third-order valence-electron chi connectivity index (χ3n) is 1.93. The van der Waals surface area contributed by atoms with Crippen LogP contribution in [0.4, 0.5) is 17.6 Å². The number of hydrogen-bond donors (Lipinski definition) is 1. The number of rotatable bonds is 2. The molecule has 0 aliphatic heterocycles. The van der Waals surface area contributed by atoms with Gasteiger partial charge in [0.25, 0.3) is 0 Å². The summed E-state index contributed by atoms with van der Waals surface area (Å²) in [6.07, 6.45) is -3.41. The predicted molar refractivity (Wildman–Crippen MR) is 55.8 cm³/mol. The van der Waals surface area contributed by atoms with Gasteiger partial charge in [0.1, 0.15) is 5.82 Å². The van der Waals surface area contributed by atoms with Crippen molar-refractivity contribution in [2.45, 2.75) is 12.2 Å². The Labute approximate surface area is 96.4 Å². The van der Waals surface area contributed by atoms with Gasteiger partial charge in [0.05, 0.1) is 5.56 Å². The van der Waals surface area contributed by atoms with Gasteiger partial charge in [-0.3, -0.25) is 0 Å². The molecule has 0 amide bonds. The maximum atomic E-state index is 12.8. The zero-order valence-corrected chi connectivity index (χ0v) is 8.91. The van der Waals surface area contributed by atoms with Crippen molar-refractivity contribution in [1.29, 1.82) is 0 Å². The van der Waals surface area contributed by atoms with Gasteiger partial charge < -0.3 is 5.73 Å². The van der Waals surface area contributed by atoms with Gasteiger partial charge in [-0.1, -0.05) is 6.08 Å². The predicted octanol–water partition coefficient (Wildman–Crippen LogP) is 3.45. The lowest BCUT2D eigenvalue weighted by atomic mass is 10.0. The minimum atomic E-state index is -4.54. The summed E-state index contributed by atoms with van der Waals surface area (Å²) in [6.45, 7) is 3.28. The highest BCUT2D eigenvalue weighted by Gasteiger charge is 2.34. The Morgan fingerprint density at radius 2 is 1.88 bits per heavy atom. The standard InChI is InChI=1S/C10H9F4N.ClH/c1-2-9(15)7-5-6(11)3-4-8(7)10(12,13)14;/h2-5,9H,1,15H2;1H/t9-;/m1./s1. The van der Waals surface area contributed by atoms with Crippen molar-refractivity contribution in [1.82, 2.24) is 0 Å². The maximum Gasteiger partial charge on any atom is 0.416 e. The second-order valence-corrected chi connectivity index (χ2v) is 2.99. The Bertz CT molecular complexity index is 376. The Hall–Kier alpha value is -1.07. The van der Waals surface area contributed by atoms with Gasteiger partial charge in [-0.2, -0.15) is 13.2 Å². The summed E-state index contributed by atoms with van der Waals surface area (Å²) in [5.74, 6) is -0.754. The third kappa shape index (κ3) is 3.21. The van der Waals surface area contributed by atoms with E-state index in [4.69, 9.17) is 5.73 Å². The largest absolute Gasteiger partial charge is 0.416 e. The van der Waals surface area contributed by atoms with Gasteiger partial charge in [-0.25, -0.2) is 4.39 Å². The lowest BCUT2D eigenvalue weighted by Crippen LogP contribution is -2.16. The molecule has 0 saturated heterocycles. The van der Waals surface area contributed by atoms with Crippen LogP contribution in [0.5, 0.6) is 0 Å². The summed E-state index contributed by atoms with van der Waals surface area (Å²) in [6, 6.07) is 1.17. The first-order valence-corrected chi connectivity index (χ1v) is 4.11. The molecular formula is C10H10ClF4N. The number of alkyl halides is 3. The van der Waals surface area contributed by atoms with Crippen LogP contribution in [0.3, 0.4) is 0 Å². The SMILES string of the molecule is C=C[C@@H](N)c1cc(F)ccc1C(F)(F)F.Cl. The van der Waals surface area contributed by atoms with E-state index in [1.807, 2.05) is 0 Å². The molecule has 0 unspecified atom stereocenters. The first kappa shape index (κ1) is 14.9. The molecule has 0 radical (unpaired) electrons. The Morgan fingerprint density at radius 3 is 2.31 bits per heavy atom. The molecule has 0 aliphatic rings. The van der Waals surface area contributed by atoms with Crippen LogP contribution in [0.25, 0.3) is 0 Å². The second kappa shape index (κ2) is 5.32. The Balaban J connectivity index is 0.00000225. The Morgan fingerprint density at radius 1 is 1.31 bits per heavy atom. The zero-order chi connectivity index (χ0) is 11.6. The van der Waals surface area contributed by atoms with E-state index in [2.05, 4.69) is 6.58 Å². The third-order valence-corrected chi connectivity index (χ3v) is 1.93. The van der Waals surface area contributed by atoms with Crippen molar-refractivity contribution < 1.29 is 17.6 Å². The van der Waals surface area contributed by atoms with Gasteiger partial charge in [-0.15, -0.1) is 19.0 Å². The molecule has 0 heterocycles. The summed E-state index contributed by atoms with van der Waals surface area (Å²) in [7, 11) is 0. The van der Waals surface area contributed by atoms with E-state index in [9.17, 15) is 17.6 Å². The minimum absolute atomic E-state index is 0. The molecule has 0 fully saturated rings. The lowest BCUT2D eigenvalue weighted by molar-refractivity contribution is -0.138. The normalized spacial score (nSPS) is 12.8. The van der Waals surface area contributed by atoms with Crippen molar-refractivity contribution in [2.24, 2.45) is 5.73 Å². The van der Waals surface area contributed by atoms with Crippen LogP contribution in [-0.4, -0.2) is 0 Å². The van der Waals surface area contributed by atoms with Crippen molar-refractivity contribution in [3.05, 3.63) is 47.8 Å². The van der Waals surface area contributed by atoms with Crippen LogP contribution >= 0.6 is 12.4 Å². The van der Waals surface area contributed by atoms with Crippen LogP contribution in [0.1, 0.15) is 17.2 Å². The van der Waals surface area contributed by atoms with E-state index in [1.54, 1.807) is 0 Å². The van der Waals surface area contributed by atoms with Crippen molar-refractivity contribution in [2.75, 3.05) is 0 Å². The summed E-state index contributed by atoms with van der Waals surface area (Å²) >= 11 is 0. The number of hydrogen-bond acceptors (Lipinski definition) is 1. The fraction of sp³-hybridized carbons (Fsp3) is 0.200. The topological polar surface area (TPSA) is 26.0 Å². The molecule has 1 aromatic carbocycles. The van der Waals surface area contributed by atoms with Crippen LogP contribution in [-0.2, 0) is 6.18 Å². The van der Waals surface area contributed by atoms with Gasteiger partial charge in [0.2, 0.25) is 0 Å². The number of benzene rings is 1. The smallest absolute Gasteiger partial charge is 0.321 e. The van der Waals surface area contributed by atoms with E-state index in [0.717, 1.165) is 18.2 Å². The monoisotopic (exact) mass is 255 g/mol. The Kier molecular flexibility index (Phi) is 4.96. The molecule has 1 aromatic rings. The molecule has 90 valence electrons. The highest BCUT2D eigenvalue weighted by Crippen LogP contribution is 2.34. The fourth-order valence-corrected chi connectivity index (χ4v) is 1.19. The van der Waals surface area contributed by atoms with Crippen LogP contribution in [0.15, 0.2) is 30.9 Å². The fourth-order valence-electron chi connectivity index (χ4n) is 1.19. The van der Waals surface area contributed by atoms with Crippen molar-refractivity contribution in [3.8, 4) is 0 Å². The molecule has 2 N–H and O–H groups in total. The number of nitrogens with two attached hydrogens (primary N) is 1. The van der Waals surface area contributed by atoms with Crippen LogP contribution in [0, 0.1) is 5.82 Å². The second-order valence-electron chi connectivity index (χ2n) is 2.99. The lowest BCUT2D eigenvalue weighted by Gasteiger charge is -2.15. The first-order chi connectivity index (χ1) is 6.86. The van der Waals surface area contributed by atoms with Gasteiger partial charge >= 0.3 is 6.18 Å². The molecule has 0 spiro atoms. The minimum Gasteiger partial charge on any atom is -0.321 e. The molecule has 0 aliphatic carbocycles. The molecule has 1 nitrogen and oxygen atoms in total. The van der Waals surface area contributed by atoms with E-state index in [0.29, 0.717) is 6.07 Å². The highest BCUT2D eigenvalue weighted by molar-refractivity contribution is 5.85. The van der Waals surface area contributed by atoms with Crippen LogP contribution < -0.4 is 5.73 Å². The quantitative estimate of drug-likeness (QED) is 0.636. The average molecular weight is 256 g/mol. The summed E-state index contributed by atoms with van der Waals surface area (Å²) < 4.78 is 50.2. The summed E-state index contributed by atoms with van der Waals surface area (Å²) in [4.78, 5) is 0. The molecule has 1 atom stereocenters. The molecule has 16 heavy (non-hydrogen) atoms. The first-order valence-electron chi connectivity index (χ1n) is 4.11. The van der Waals surface area contributed by atoms with Gasteiger partial charge in [-0.05, 0) is 23.8 Å². The highest BCUT2D eigenvalue weighted by atomic mass is 35.5. The van der Waals surface area contributed by atoms with E-state index >= 15 is 0 Å². The number of halogens is 5. The molecule has 1 rings (SSSR count). The summed E-state index contributed by atoms with van der Waals surface area (Å²) in [5, 5.41) is 0. The molecule has 6 heteroatoms. The zero-order valence-electron chi connectivity index (χ0n) is 8.09. The molecule has 0 aromatic heterocycles. The van der Waals surface area contributed by atoms with E-state index < -0.39 is 23.6 Å². The molecule has 0 saturated carbocycles. The average Bonchev–Trinajstić information content (AvgIpc) is 2.14. The van der Waals surface area contributed by atoms with Crippen molar-refractivity contribution >= 4 is 12.4 Å². The van der Waals surface area contributed by atoms with Crippen molar-refractivity contribution in [3.63, 3.8) is 0 Å². The van der Waals surface area contributed by atoms with E-state index in [-0.39, 0.29) is 18.0 Å². The molecular weight excluding hydrogens is 246 g/mol. The van der Waals surface area contributed by atoms with Gasteiger partial charge in [0.15, 0.2) is 0 Å².